The number of thiazole rings is 1. The van der Waals surface area contributed by atoms with Crippen molar-refractivity contribution >= 4 is 41.3 Å². The minimum atomic E-state index is 0. The average Bonchev–Trinajstić information content (AvgIpc) is 3.19. The Balaban J connectivity index is 0.00000450. The first-order chi connectivity index (χ1) is 14.0. The summed E-state index contributed by atoms with van der Waals surface area (Å²) in [6.45, 7) is 12.2. The van der Waals surface area contributed by atoms with Crippen LogP contribution < -0.4 is 20.1 Å². The van der Waals surface area contributed by atoms with E-state index in [1.165, 1.54) is 0 Å². The molecule has 0 atom stereocenters. The number of aromatic nitrogens is 1. The van der Waals surface area contributed by atoms with Crippen LogP contribution in [0, 0.1) is 0 Å². The molecule has 0 amide bonds. The number of ether oxygens (including phenoxy) is 2. The van der Waals surface area contributed by atoms with Crippen LogP contribution in [0.2, 0.25) is 0 Å². The van der Waals surface area contributed by atoms with Crippen molar-refractivity contribution in [2.45, 2.75) is 46.2 Å². The highest BCUT2D eigenvalue weighted by atomic mass is 127. The number of hydrogen-bond acceptors (Lipinski definition) is 5. The van der Waals surface area contributed by atoms with Crippen LogP contribution in [-0.2, 0) is 19.5 Å². The SMILES string of the molecule is C=CCc1cc(CN=C(NCC)NCc2nc(C(C)C)cs2)cc(OC)c1OC.I. The molecular weight excluding hydrogens is 511 g/mol. The standard InChI is InChI=1S/C22H32N4O2S.HI/c1-7-9-17-10-16(11-19(27-5)21(17)28-6)12-24-22(23-8-2)25-13-20-26-18(14-29-20)15(3)4;/h7,10-11,14-15H,1,8-9,12-13H2,2-6H3,(H2,23,24,25);1H. The summed E-state index contributed by atoms with van der Waals surface area (Å²) in [6, 6.07) is 4.06. The monoisotopic (exact) mass is 544 g/mol. The van der Waals surface area contributed by atoms with Crippen LogP contribution in [0.5, 0.6) is 11.5 Å². The topological polar surface area (TPSA) is 67.8 Å². The molecule has 0 aliphatic carbocycles. The summed E-state index contributed by atoms with van der Waals surface area (Å²) >= 11 is 1.67. The van der Waals surface area contributed by atoms with E-state index in [9.17, 15) is 0 Å². The predicted molar refractivity (Wildman–Crippen MR) is 137 cm³/mol. The number of hydrogen-bond donors (Lipinski definition) is 2. The summed E-state index contributed by atoms with van der Waals surface area (Å²) in [4.78, 5) is 9.39. The Morgan fingerprint density at radius 3 is 2.60 bits per heavy atom. The molecule has 6 nitrogen and oxygen atoms in total. The number of nitrogens with zero attached hydrogens (tertiary/aromatic N) is 2. The van der Waals surface area contributed by atoms with Gasteiger partial charge in [0, 0.05) is 17.5 Å². The quantitative estimate of drug-likeness (QED) is 0.193. The highest BCUT2D eigenvalue weighted by Gasteiger charge is 2.12. The van der Waals surface area contributed by atoms with E-state index in [1.54, 1.807) is 25.6 Å². The summed E-state index contributed by atoms with van der Waals surface area (Å²) in [5.41, 5.74) is 3.22. The third-order valence-corrected chi connectivity index (χ3v) is 5.18. The number of guanidine groups is 1. The molecule has 30 heavy (non-hydrogen) atoms. The van der Waals surface area contributed by atoms with Gasteiger partial charge in [-0.2, -0.15) is 0 Å². The molecule has 2 N–H and O–H groups in total. The van der Waals surface area contributed by atoms with Crippen molar-refractivity contribution in [1.82, 2.24) is 15.6 Å². The Kier molecular flexibility index (Phi) is 11.8. The molecular formula is C22H33IN4O2S. The number of nitrogens with one attached hydrogen (secondary N) is 2. The van der Waals surface area contributed by atoms with Gasteiger partial charge in [0.25, 0.3) is 0 Å². The highest BCUT2D eigenvalue weighted by Crippen LogP contribution is 2.33. The van der Waals surface area contributed by atoms with Crippen LogP contribution in [0.15, 0.2) is 35.2 Å². The van der Waals surface area contributed by atoms with E-state index in [2.05, 4.69) is 54.4 Å². The van der Waals surface area contributed by atoms with E-state index < -0.39 is 0 Å². The Morgan fingerprint density at radius 1 is 1.27 bits per heavy atom. The Bertz CT molecular complexity index is 837. The van der Waals surface area contributed by atoms with E-state index in [0.29, 0.717) is 31.2 Å². The summed E-state index contributed by atoms with van der Waals surface area (Å²) < 4.78 is 11.0. The van der Waals surface area contributed by atoms with Gasteiger partial charge in [0.05, 0.1) is 33.0 Å². The fourth-order valence-electron chi connectivity index (χ4n) is 2.85. The minimum absolute atomic E-state index is 0. The lowest BCUT2D eigenvalue weighted by Gasteiger charge is -2.14. The lowest BCUT2D eigenvalue weighted by atomic mass is 10.1. The van der Waals surface area contributed by atoms with Crippen molar-refractivity contribution in [2.24, 2.45) is 4.99 Å². The number of benzene rings is 1. The van der Waals surface area contributed by atoms with Gasteiger partial charge in [-0.25, -0.2) is 9.98 Å². The molecule has 0 saturated heterocycles. The molecule has 0 saturated carbocycles. The molecule has 0 spiro atoms. The third kappa shape index (κ3) is 7.46. The second kappa shape index (κ2) is 13.5. The van der Waals surface area contributed by atoms with Gasteiger partial charge in [-0.15, -0.1) is 41.9 Å². The molecule has 0 unspecified atom stereocenters. The minimum Gasteiger partial charge on any atom is -0.493 e. The molecule has 1 aromatic carbocycles. The molecule has 1 aromatic heterocycles. The second-order valence-corrected chi connectivity index (χ2v) is 7.80. The number of halogens is 1. The van der Waals surface area contributed by atoms with Gasteiger partial charge in [-0.3, -0.25) is 0 Å². The van der Waals surface area contributed by atoms with Crippen LogP contribution in [0.4, 0.5) is 0 Å². The van der Waals surface area contributed by atoms with Gasteiger partial charge in [0.15, 0.2) is 17.5 Å². The van der Waals surface area contributed by atoms with E-state index >= 15 is 0 Å². The van der Waals surface area contributed by atoms with E-state index in [1.807, 2.05) is 12.1 Å². The highest BCUT2D eigenvalue weighted by molar-refractivity contribution is 14.0. The van der Waals surface area contributed by atoms with Crippen LogP contribution in [0.3, 0.4) is 0 Å². The van der Waals surface area contributed by atoms with Gasteiger partial charge < -0.3 is 20.1 Å². The van der Waals surface area contributed by atoms with Crippen molar-refractivity contribution in [3.63, 3.8) is 0 Å². The Labute approximate surface area is 201 Å². The largest absolute Gasteiger partial charge is 0.493 e. The number of rotatable bonds is 10. The fourth-order valence-corrected chi connectivity index (χ4v) is 3.74. The molecule has 8 heteroatoms. The molecule has 0 aliphatic rings. The van der Waals surface area contributed by atoms with E-state index in [-0.39, 0.29) is 24.0 Å². The molecule has 2 rings (SSSR count). The molecule has 0 radical (unpaired) electrons. The van der Waals surface area contributed by atoms with Crippen LogP contribution in [0.1, 0.15) is 48.5 Å². The maximum Gasteiger partial charge on any atom is 0.191 e. The number of allylic oxidation sites excluding steroid dienone is 1. The summed E-state index contributed by atoms with van der Waals surface area (Å²) in [5, 5.41) is 9.83. The van der Waals surface area contributed by atoms with Crippen molar-refractivity contribution in [3.8, 4) is 11.5 Å². The Hall–Kier alpha value is -1.81. The van der Waals surface area contributed by atoms with E-state index in [0.717, 1.165) is 40.1 Å². The van der Waals surface area contributed by atoms with Gasteiger partial charge in [-0.1, -0.05) is 19.9 Å². The lowest BCUT2D eigenvalue weighted by Crippen LogP contribution is -2.36. The normalized spacial score (nSPS) is 11.1. The average molecular weight is 545 g/mol. The van der Waals surface area contributed by atoms with Gasteiger partial charge in [0.1, 0.15) is 5.01 Å². The summed E-state index contributed by atoms with van der Waals surface area (Å²) in [5.74, 6) is 2.65. The zero-order chi connectivity index (χ0) is 21.2. The fraction of sp³-hybridized carbons (Fsp3) is 0.455. The van der Waals surface area contributed by atoms with Gasteiger partial charge in [-0.05, 0) is 37.0 Å². The maximum absolute atomic E-state index is 5.51. The zero-order valence-corrected chi connectivity index (χ0v) is 21.6. The van der Waals surface area contributed by atoms with Crippen LogP contribution in [0.25, 0.3) is 0 Å². The first-order valence-electron chi connectivity index (χ1n) is 9.83. The van der Waals surface area contributed by atoms with Crippen LogP contribution >= 0.6 is 35.3 Å². The zero-order valence-electron chi connectivity index (χ0n) is 18.4. The molecule has 1 heterocycles. The second-order valence-electron chi connectivity index (χ2n) is 6.85. The van der Waals surface area contributed by atoms with Gasteiger partial charge in [0.2, 0.25) is 0 Å². The molecule has 0 bridgehead atoms. The van der Waals surface area contributed by atoms with Crippen molar-refractivity contribution < 1.29 is 9.47 Å². The maximum atomic E-state index is 5.51. The number of aliphatic imine (C=N–C) groups is 1. The molecule has 166 valence electrons. The van der Waals surface area contributed by atoms with Gasteiger partial charge >= 0.3 is 0 Å². The van der Waals surface area contributed by atoms with E-state index in [4.69, 9.17) is 14.5 Å². The third-order valence-electron chi connectivity index (χ3n) is 4.31. The van der Waals surface area contributed by atoms with Crippen molar-refractivity contribution in [3.05, 3.63) is 52.0 Å². The first kappa shape index (κ1) is 26.2. The smallest absolute Gasteiger partial charge is 0.191 e. The molecule has 0 fully saturated rings. The summed E-state index contributed by atoms with van der Waals surface area (Å²) in [7, 11) is 3.30. The van der Waals surface area contributed by atoms with Crippen molar-refractivity contribution in [1.29, 1.82) is 0 Å². The molecule has 2 aromatic rings. The lowest BCUT2D eigenvalue weighted by molar-refractivity contribution is 0.352. The van der Waals surface area contributed by atoms with Crippen molar-refractivity contribution in [2.75, 3.05) is 20.8 Å². The molecule has 0 aliphatic heterocycles. The first-order valence-corrected chi connectivity index (χ1v) is 10.7. The summed E-state index contributed by atoms with van der Waals surface area (Å²) in [6.07, 6.45) is 2.56. The number of methoxy groups -OCH3 is 2. The predicted octanol–water partition coefficient (Wildman–Crippen LogP) is 4.89. The van der Waals surface area contributed by atoms with Crippen LogP contribution in [-0.4, -0.2) is 31.7 Å². The Morgan fingerprint density at radius 2 is 2.03 bits per heavy atom.